The Bertz CT molecular complexity index is 917. The molecule has 1 amide bonds. The van der Waals surface area contributed by atoms with Crippen LogP contribution in [0.5, 0.6) is 0 Å². The van der Waals surface area contributed by atoms with E-state index in [4.69, 9.17) is 16.7 Å². The highest BCUT2D eigenvalue weighted by atomic mass is 35.5. The van der Waals surface area contributed by atoms with Crippen molar-refractivity contribution in [2.24, 2.45) is 0 Å². The molecule has 1 aromatic carbocycles. The molecule has 0 spiro atoms. The summed E-state index contributed by atoms with van der Waals surface area (Å²) in [6, 6.07) is 8.89. The SMILES string of the molecule is O=C(O)CCn1nccc1C(=O)Nc1ccc(Cn2cc(Cl)cn2)cc1. The quantitative estimate of drug-likeness (QED) is 0.662. The van der Waals surface area contributed by atoms with Crippen LogP contribution >= 0.6 is 11.6 Å². The lowest BCUT2D eigenvalue weighted by Crippen LogP contribution is -2.19. The van der Waals surface area contributed by atoms with Crippen LogP contribution in [0.15, 0.2) is 48.9 Å². The minimum Gasteiger partial charge on any atom is -0.481 e. The molecule has 3 rings (SSSR count). The number of nitrogens with one attached hydrogen (secondary N) is 1. The molecular formula is C17H16ClN5O3. The number of hydrogen-bond donors (Lipinski definition) is 2. The van der Waals surface area contributed by atoms with Gasteiger partial charge in [0.1, 0.15) is 5.69 Å². The second-order valence-electron chi connectivity index (χ2n) is 5.59. The van der Waals surface area contributed by atoms with E-state index in [1.165, 1.54) is 10.9 Å². The molecule has 0 aliphatic heterocycles. The maximum absolute atomic E-state index is 12.4. The highest BCUT2D eigenvalue weighted by Crippen LogP contribution is 2.13. The van der Waals surface area contributed by atoms with Gasteiger partial charge in [0.25, 0.3) is 5.91 Å². The molecule has 0 saturated carbocycles. The van der Waals surface area contributed by atoms with Crippen LogP contribution in [0.4, 0.5) is 5.69 Å². The van der Waals surface area contributed by atoms with Gasteiger partial charge in [0, 0.05) is 18.1 Å². The highest BCUT2D eigenvalue weighted by molar-refractivity contribution is 6.30. The van der Waals surface area contributed by atoms with Gasteiger partial charge in [-0.1, -0.05) is 23.7 Å². The molecular weight excluding hydrogens is 358 g/mol. The van der Waals surface area contributed by atoms with Crippen molar-refractivity contribution in [2.45, 2.75) is 19.5 Å². The van der Waals surface area contributed by atoms with Gasteiger partial charge in [-0.15, -0.1) is 0 Å². The largest absolute Gasteiger partial charge is 0.481 e. The van der Waals surface area contributed by atoms with Gasteiger partial charge in [0.2, 0.25) is 0 Å². The highest BCUT2D eigenvalue weighted by Gasteiger charge is 2.13. The molecule has 0 aliphatic carbocycles. The average Bonchev–Trinajstić information content (AvgIpc) is 3.23. The third kappa shape index (κ3) is 4.48. The summed E-state index contributed by atoms with van der Waals surface area (Å²) in [4.78, 5) is 23.0. The van der Waals surface area contributed by atoms with E-state index in [0.717, 1.165) is 5.56 Å². The Labute approximate surface area is 154 Å². The lowest BCUT2D eigenvalue weighted by atomic mass is 10.2. The molecule has 0 fully saturated rings. The number of nitrogens with zero attached hydrogens (tertiary/aromatic N) is 4. The predicted molar refractivity (Wildman–Crippen MR) is 95.2 cm³/mol. The summed E-state index contributed by atoms with van der Waals surface area (Å²) >= 11 is 5.84. The van der Waals surface area contributed by atoms with Gasteiger partial charge >= 0.3 is 5.97 Å². The van der Waals surface area contributed by atoms with Gasteiger partial charge in [0.05, 0.1) is 30.7 Å². The number of rotatable bonds is 7. The Morgan fingerprint density at radius 1 is 1.15 bits per heavy atom. The fraction of sp³-hybridized carbons (Fsp3) is 0.176. The van der Waals surface area contributed by atoms with Crippen LogP contribution in [0.2, 0.25) is 5.02 Å². The second kappa shape index (κ2) is 7.83. The van der Waals surface area contributed by atoms with Crippen LogP contribution in [-0.4, -0.2) is 36.5 Å². The topological polar surface area (TPSA) is 102 Å². The van der Waals surface area contributed by atoms with Crippen molar-refractivity contribution in [3.8, 4) is 0 Å². The number of carbonyl (C=O) groups excluding carboxylic acids is 1. The number of carboxylic acids is 1. The average molecular weight is 374 g/mol. The maximum atomic E-state index is 12.4. The first kappa shape index (κ1) is 17.7. The van der Waals surface area contributed by atoms with E-state index in [-0.39, 0.29) is 18.9 Å². The molecule has 0 radical (unpaired) electrons. The number of carbonyl (C=O) groups is 2. The number of aromatic nitrogens is 4. The molecule has 0 atom stereocenters. The Kier molecular flexibility index (Phi) is 5.33. The van der Waals surface area contributed by atoms with Crippen LogP contribution in [0.25, 0.3) is 0 Å². The van der Waals surface area contributed by atoms with Crippen LogP contribution < -0.4 is 5.32 Å². The number of benzene rings is 1. The monoisotopic (exact) mass is 373 g/mol. The van der Waals surface area contributed by atoms with Crippen LogP contribution in [-0.2, 0) is 17.9 Å². The molecule has 26 heavy (non-hydrogen) atoms. The first-order chi connectivity index (χ1) is 12.5. The van der Waals surface area contributed by atoms with Crippen LogP contribution in [0.3, 0.4) is 0 Å². The van der Waals surface area contributed by atoms with Gasteiger partial charge in [-0.05, 0) is 23.8 Å². The zero-order valence-corrected chi connectivity index (χ0v) is 14.4. The van der Waals surface area contributed by atoms with E-state index in [2.05, 4.69) is 15.5 Å². The fourth-order valence-electron chi connectivity index (χ4n) is 2.41. The van der Waals surface area contributed by atoms with E-state index in [1.807, 2.05) is 12.1 Å². The molecule has 0 unspecified atom stereocenters. The summed E-state index contributed by atoms with van der Waals surface area (Å²) < 4.78 is 3.09. The molecule has 2 heterocycles. The van der Waals surface area contributed by atoms with Gasteiger partial charge in [-0.3, -0.25) is 19.0 Å². The van der Waals surface area contributed by atoms with Crippen molar-refractivity contribution in [1.29, 1.82) is 0 Å². The van der Waals surface area contributed by atoms with Gasteiger partial charge in [-0.2, -0.15) is 10.2 Å². The van der Waals surface area contributed by atoms with Crippen molar-refractivity contribution in [3.63, 3.8) is 0 Å². The Morgan fingerprint density at radius 2 is 1.92 bits per heavy atom. The Hall–Kier alpha value is -3.13. The summed E-state index contributed by atoms with van der Waals surface area (Å²) in [5, 5.41) is 20.2. The minimum absolute atomic E-state index is 0.103. The van der Waals surface area contributed by atoms with E-state index >= 15 is 0 Å². The molecule has 9 heteroatoms. The number of hydrogen-bond acceptors (Lipinski definition) is 4. The standard InChI is InChI=1S/C17H16ClN5O3/c18-13-9-20-22(11-13)10-12-1-3-14(4-2-12)21-17(26)15-5-7-19-23(15)8-6-16(24)25/h1-5,7,9,11H,6,8,10H2,(H,21,26)(H,24,25). The summed E-state index contributed by atoms with van der Waals surface area (Å²) in [7, 11) is 0. The van der Waals surface area contributed by atoms with Crippen molar-refractivity contribution >= 4 is 29.2 Å². The summed E-state index contributed by atoms with van der Waals surface area (Å²) in [6.45, 7) is 0.708. The predicted octanol–water partition coefficient (Wildman–Crippen LogP) is 2.51. The number of halogens is 1. The van der Waals surface area contributed by atoms with E-state index in [9.17, 15) is 9.59 Å². The van der Waals surface area contributed by atoms with Crippen molar-refractivity contribution in [1.82, 2.24) is 19.6 Å². The minimum atomic E-state index is -0.944. The molecule has 0 aliphatic rings. The Morgan fingerprint density at radius 3 is 2.58 bits per heavy atom. The maximum Gasteiger partial charge on any atom is 0.305 e. The van der Waals surface area contributed by atoms with E-state index in [1.54, 1.807) is 35.3 Å². The summed E-state index contributed by atoms with van der Waals surface area (Å²) in [5.41, 5.74) is 1.94. The first-order valence-electron chi connectivity index (χ1n) is 7.83. The van der Waals surface area contributed by atoms with Gasteiger partial charge < -0.3 is 10.4 Å². The van der Waals surface area contributed by atoms with Crippen LogP contribution in [0.1, 0.15) is 22.5 Å². The van der Waals surface area contributed by atoms with E-state index in [0.29, 0.717) is 22.9 Å². The Balaban J connectivity index is 1.63. The third-order valence-electron chi connectivity index (χ3n) is 3.64. The normalized spacial score (nSPS) is 10.7. The first-order valence-corrected chi connectivity index (χ1v) is 8.21. The van der Waals surface area contributed by atoms with Gasteiger partial charge in [-0.25, -0.2) is 0 Å². The smallest absolute Gasteiger partial charge is 0.305 e. The lowest BCUT2D eigenvalue weighted by molar-refractivity contribution is -0.137. The third-order valence-corrected chi connectivity index (χ3v) is 3.84. The number of carboxylic acid groups (broad SMARTS) is 1. The number of aryl methyl sites for hydroxylation is 1. The number of amides is 1. The fourth-order valence-corrected chi connectivity index (χ4v) is 2.56. The number of anilines is 1. The molecule has 0 bridgehead atoms. The van der Waals surface area contributed by atoms with Crippen molar-refractivity contribution < 1.29 is 14.7 Å². The zero-order valence-electron chi connectivity index (χ0n) is 13.7. The molecule has 0 saturated heterocycles. The summed E-state index contributed by atoms with van der Waals surface area (Å²) in [6.07, 6.45) is 4.67. The van der Waals surface area contributed by atoms with Gasteiger partial charge in [0.15, 0.2) is 0 Å². The zero-order chi connectivity index (χ0) is 18.5. The van der Waals surface area contributed by atoms with Crippen molar-refractivity contribution in [2.75, 3.05) is 5.32 Å². The summed E-state index contributed by atoms with van der Waals surface area (Å²) in [5.74, 6) is -1.29. The molecule has 2 N–H and O–H groups in total. The molecule has 134 valence electrons. The van der Waals surface area contributed by atoms with Crippen molar-refractivity contribution in [3.05, 3.63) is 65.2 Å². The molecule has 2 aromatic heterocycles. The van der Waals surface area contributed by atoms with Crippen LogP contribution in [0, 0.1) is 0 Å². The molecule has 3 aromatic rings. The molecule has 8 nitrogen and oxygen atoms in total. The second-order valence-corrected chi connectivity index (χ2v) is 6.03. The van der Waals surface area contributed by atoms with E-state index < -0.39 is 5.97 Å². The lowest BCUT2D eigenvalue weighted by Gasteiger charge is -2.08. The number of aliphatic carboxylic acids is 1.